The maximum absolute atomic E-state index is 5.17. The first kappa shape index (κ1) is 23.9. The fourth-order valence-corrected chi connectivity index (χ4v) is 2.06. The Bertz CT molecular complexity index is 365. The molecule has 0 atom stereocenters. The van der Waals surface area contributed by atoms with E-state index < -0.39 is 0 Å². The number of hydrogen-bond acceptors (Lipinski definition) is 6. The lowest BCUT2D eigenvalue weighted by Gasteiger charge is -2.28. The van der Waals surface area contributed by atoms with Crippen molar-refractivity contribution in [3.05, 3.63) is 23.8 Å². The highest BCUT2D eigenvalue weighted by atomic mass is 16.7. The van der Waals surface area contributed by atoms with Crippen LogP contribution in [0.5, 0.6) is 0 Å². The molecule has 0 amide bonds. The van der Waals surface area contributed by atoms with Crippen molar-refractivity contribution in [2.75, 3.05) is 53.5 Å². The van der Waals surface area contributed by atoms with Crippen molar-refractivity contribution < 1.29 is 9.47 Å². The van der Waals surface area contributed by atoms with Gasteiger partial charge in [0.1, 0.15) is 5.82 Å². The molecule has 1 aromatic rings. The molecule has 0 unspecified atom stereocenters. The summed E-state index contributed by atoms with van der Waals surface area (Å²) in [5.74, 6) is 1.40. The molecule has 0 bridgehead atoms. The van der Waals surface area contributed by atoms with E-state index in [-0.39, 0.29) is 13.7 Å². The smallest absolute Gasteiger partial charge is 0.154 e. The van der Waals surface area contributed by atoms with E-state index in [4.69, 9.17) is 9.47 Å². The van der Waals surface area contributed by atoms with Crippen LogP contribution in [0.25, 0.3) is 0 Å². The third-order valence-corrected chi connectivity index (χ3v) is 3.87. The van der Waals surface area contributed by atoms with E-state index in [0.717, 1.165) is 24.6 Å². The molecule has 2 saturated heterocycles. The van der Waals surface area contributed by atoms with E-state index in [2.05, 4.69) is 40.8 Å². The topological polar surface area (TPSA) is 50.7 Å². The van der Waals surface area contributed by atoms with Gasteiger partial charge in [0.15, 0.2) is 6.29 Å². The van der Waals surface area contributed by atoms with Gasteiger partial charge in [0.05, 0.1) is 13.2 Å². The Kier molecular flexibility index (Phi) is 12.6. The van der Waals surface area contributed by atoms with Crippen LogP contribution in [0.4, 0.5) is 0 Å². The molecule has 0 aromatic carbocycles. The Labute approximate surface area is 154 Å². The van der Waals surface area contributed by atoms with Gasteiger partial charge in [0, 0.05) is 44.5 Å². The van der Waals surface area contributed by atoms with E-state index in [1.807, 2.05) is 33.2 Å². The zero-order valence-corrected chi connectivity index (χ0v) is 16.2. The number of aryl methyl sites for hydroxylation is 2. The van der Waals surface area contributed by atoms with Crippen molar-refractivity contribution >= 4 is 0 Å². The summed E-state index contributed by atoms with van der Waals surface area (Å²) in [6.45, 7) is 14.5. The van der Waals surface area contributed by atoms with Crippen LogP contribution in [-0.4, -0.2) is 79.5 Å². The normalized spacial score (nSPS) is 24.1. The van der Waals surface area contributed by atoms with Gasteiger partial charge >= 0.3 is 0 Å². The number of aromatic nitrogens is 2. The first-order valence-corrected chi connectivity index (χ1v) is 8.72. The van der Waals surface area contributed by atoms with Crippen molar-refractivity contribution in [3.8, 4) is 0 Å². The zero-order valence-electron chi connectivity index (χ0n) is 16.2. The van der Waals surface area contributed by atoms with Gasteiger partial charge in [-0.05, 0) is 40.4 Å². The Hall–Kier alpha value is -1.08. The van der Waals surface area contributed by atoms with Crippen LogP contribution in [0, 0.1) is 19.8 Å². The van der Waals surface area contributed by atoms with Crippen LogP contribution >= 0.6 is 0 Å². The largest absolute Gasteiger partial charge is 0.353 e. The highest BCUT2D eigenvalue weighted by Gasteiger charge is 2.13. The van der Waals surface area contributed by atoms with Crippen LogP contribution in [0.1, 0.15) is 32.7 Å². The van der Waals surface area contributed by atoms with E-state index in [1.165, 1.54) is 26.2 Å². The molecule has 1 aromatic heterocycles. The fraction of sp³-hybridized carbons (Fsp3) is 0.789. The third kappa shape index (κ3) is 12.0. The molecule has 0 N–H and O–H groups in total. The Morgan fingerprint density at radius 2 is 1.28 bits per heavy atom. The molecular weight excluding hydrogens is 316 g/mol. The molecule has 6 heteroatoms. The molecule has 25 heavy (non-hydrogen) atoms. The minimum atomic E-state index is 0. The SMILES string of the molecule is C.CC1COC(C)OC1.CN1CCN(C)CC1.Cc1cnc(C)nc1. The van der Waals surface area contributed by atoms with E-state index in [1.54, 1.807) is 0 Å². The van der Waals surface area contributed by atoms with Gasteiger partial charge in [0.25, 0.3) is 0 Å². The van der Waals surface area contributed by atoms with Crippen LogP contribution in [0.3, 0.4) is 0 Å². The molecule has 3 heterocycles. The first-order valence-electron chi connectivity index (χ1n) is 8.72. The van der Waals surface area contributed by atoms with Crippen molar-refractivity contribution in [1.29, 1.82) is 0 Å². The Morgan fingerprint density at radius 3 is 1.60 bits per heavy atom. The Morgan fingerprint density at radius 1 is 0.880 bits per heavy atom. The van der Waals surface area contributed by atoms with Gasteiger partial charge in [-0.1, -0.05) is 14.4 Å². The molecule has 2 fully saturated rings. The van der Waals surface area contributed by atoms with Crippen LogP contribution < -0.4 is 0 Å². The lowest BCUT2D eigenvalue weighted by atomic mass is 10.2. The summed E-state index contributed by atoms with van der Waals surface area (Å²) < 4.78 is 10.3. The van der Waals surface area contributed by atoms with E-state index in [0.29, 0.717) is 5.92 Å². The third-order valence-electron chi connectivity index (χ3n) is 3.87. The van der Waals surface area contributed by atoms with E-state index in [9.17, 15) is 0 Å². The van der Waals surface area contributed by atoms with Crippen molar-refractivity contribution in [1.82, 2.24) is 19.8 Å². The molecule has 6 nitrogen and oxygen atoms in total. The quantitative estimate of drug-likeness (QED) is 0.714. The summed E-state index contributed by atoms with van der Waals surface area (Å²) in [4.78, 5) is 12.7. The number of ether oxygens (including phenoxy) is 2. The molecule has 2 aliphatic rings. The number of nitrogens with zero attached hydrogens (tertiary/aromatic N) is 4. The fourth-order valence-electron chi connectivity index (χ4n) is 2.06. The highest BCUT2D eigenvalue weighted by molar-refractivity contribution is 5.00. The average molecular weight is 355 g/mol. The maximum Gasteiger partial charge on any atom is 0.154 e. The van der Waals surface area contributed by atoms with Gasteiger partial charge < -0.3 is 19.3 Å². The van der Waals surface area contributed by atoms with Crippen molar-refractivity contribution in [2.45, 2.75) is 41.4 Å². The summed E-state index contributed by atoms with van der Waals surface area (Å²) in [5, 5.41) is 0. The minimum Gasteiger partial charge on any atom is -0.353 e. The maximum atomic E-state index is 5.17. The minimum absolute atomic E-state index is 0. The molecule has 0 spiro atoms. The standard InChI is InChI=1S/C6H14N2.C6H8N2.C6H12O2.CH4/c1-7-3-5-8(2)6-4-7;2*1-5-3-7-6(2)8-4-5;/h3-6H2,1-2H3;3-4H,1-2H3;5-6H,3-4H2,1-2H3;1H4. The molecule has 0 radical (unpaired) electrons. The van der Waals surface area contributed by atoms with Gasteiger partial charge in [-0.2, -0.15) is 0 Å². The second kappa shape index (κ2) is 13.2. The van der Waals surface area contributed by atoms with Crippen molar-refractivity contribution in [3.63, 3.8) is 0 Å². The summed E-state index contributed by atoms with van der Waals surface area (Å²) in [6, 6.07) is 0. The predicted molar refractivity (Wildman–Crippen MR) is 104 cm³/mol. The lowest BCUT2D eigenvalue weighted by Crippen LogP contribution is -2.42. The first-order chi connectivity index (χ1) is 11.4. The van der Waals surface area contributed by atoms with Gasteiger partial charge in [-0.25, -0.2) is 9.97 Å². The number of hydrogen-bond donors (Lipinski definition) is 0. The number of likely N-dealkylation sites (N-methyl/N-ethyl adjacent to an activating group) is 2. The lowest BCUT2D eigenvalue weighted by molar-refractivity contribution is -0.187. The van der Waals surface area contributed by atoms with Crippen LogP contribution in [-0.2, 0) is 9.47 Å². The average Bonchev–Trinajstić information content (AvgIpc) is 2.57. The molecule has 0 saturated carbocycles. The van der Waals surface area contributed by atoms with Gasteiger partial charge in [-0.15, -0.1) is 0 Å². The highest BCUT2D eigenvalue weighted by Crippen LogP contribution is 2.08. The molecule has 3 rings (SSSR count). The predicted octanol–water partition coefficient (Wildman–Crippen LogP) is 2.61. The van der Waals surface area contributed by atoms with Crippen LogP contribution in [0.15, 0.2) is 12.4 Å². The van der Waals surface area contributed by atoms with Gasteiger partial charge in [0.2, 0.25) is 0 Å². The molecule has 0 aliphatic carbocycles. The zero-order chi connectivity index (χ0) is 17.9. The van der Waals surface area contributed by atoms with E-state index >= 15 is 0 Å². The summed E-state index contributed by atoms with van der Waals surface area (Å²) in [7, 11) is 4.35. The Balaban J connectivity index is 0.000000339. The van der Waals surface area contributed by atoms with Crippen LogP contribution in [0.2, 0.25) is 0 Å². The van der Waals surface area contributed by atoms with Gasteiger partial charge in [-0.3, -0.25) is 0 Å². The van der Waals surface area contributed by atoms with Crippen molar-refractivity contribution in [2.24, 2.45) is 5.92 Å². The monoisotopic (exact) mass is 354 g/mol. The summed E-state index contributed by atoms with van der Waals surface area (Å²) >= 11 is 0. The summed E-state index contributed by atoms with van der Waals surface area (Å²) in [5.41, 5.74) is 1.11. The summed E-state index contributed by atoms with van der Waals surface area (Å²) in [6.07, 6.45) is 3.64. The molecule has 146 valence electrons. The second-order valence-corrected chi connectivity index (χ2v) is 6.75. The number of piperazine rings is 1. The number of rotatable bonds is 0. The molecular formula is C19H38N4O2. The molecule has 2 aliphatic heterocycles. The second-order valence-electron chi connectivity index (χ2n) is 6.75.